The van der Waals surface area contributed by atoms with Crippen molar-refractivity contribution in [1.82, 2.24) is 20.4 Å². The van der Waals surface area contributed by atoms with E-state index in [9.17, 15) is 14.9 Å². The summed E-state index contributed by atoms with van der Waals surface area (Å²) in [5.74, 6) is -0.683. The first kappa shape index (κ1) is 19.7. The van der Waals surface area contributed by atoms with Crippen LogP contribution in [0.2, 0.25) is 0 Å². The van der Waals surface area contributed by atoms with E-state index in [-0.39, 0.29) is 11.7 Å². The third-order valence-corrected chi connectivity index (χ3v) is 4.38. The van der Waals surface area contributed by atoms with Gasteiger partial charge >= 0.3 is 11.6 Å². The molecule has 0 radical (unpaired) electrons. The number of aromatic nitrogens is 3. The highest BCUT2D eigenvalue weighted by Gasteiger charge is 2.26. The number of nitrogens with one attached hydrogen (secondary N) is 2. The molecule has 0 fully saturated rings. The first-order chi connectivity index (χ1) is 15.0. The van der Waals surface area contributed by atoms with Gasteiger partial charge in [0.15, 0.2) is 5.75 Å². The zero-order chi connectivity index (χ0) is 21.8. The first-order valence-electron chi connectivity index (χ1n) is 9.17. The van der Waals surface area contributed by atoms with Gasteiger partial charge in [-0.1, -0.05) is 35.9 Å². The Bertz CT molecular complexity index is 1270. The molecule has 0 bridgehead atoms. The summed E-state index contributed by atoms with van der Waals surface area (Å²) in [6, 6.07) is 15.7. The first-order valence-corrected chi connectivity index (χ1v) is 9.17. The molecule has 10 heteroatoms. The Hall–Kier alpha value is -4.60. The predicted octanol–water partition coefficient (Wildman–Crippen LogP) is 3.79. The van der Waals surface area contributed by atoms with Crippen LogP contribution in [0.15, 0.2) is 67.1 Å². The monoisotopic (exact) mass is 416 g/mol. The van der Waals surface area contributed by atoms with Gasteiger partial charge in [-0.2, -0.15) is 4.98 Å². The normalized spacial score (nSPS) is 10.5. The maximum atomic E-state index is 12.3. The number of rotatable bonds is 6. The topological polar surface area (TPSA) is 132 Å². The Morgan fingerprint density at radius 2 is 1.81 bits per heavy atom. The van der Waals surface area contributed by atoms with Crippen LogP contribution < -0.4 is 15.6 Å². The Balaban J connectivity index is 1.61. The molecular formula is C21H16N6O4. The van der Waals surface area contributed by atoms with Crippen molar-refractivity contribution in [2.75, 3.05) is 5.43 Å². The lowest BCUT2D eigenvalue weighted by molar-refractivity contribution is -0.385. The minimum absolute atomic E-state index is 0.219. The second kappa shape index (κ2) is 8.41. The Morgan fingerprint density at radius 3 is 2.58 bits per heavy atom. The van der Waals surface area contributed by atoms with Gasteiger partial charge in [0.2, 0.25) is 5.82 Å². The lowest BCUT2D eigenvalue weighted by atomic mass is 10.1. The van der Waals surface area contributed by atoms with Crippen LogP contribution in [0, 0.1) is 17.0 Å². The molecular weight excluding hydrogens is 400 g/mol. The van der Waals surface area contributed by atoms with Crippen molar-refractivity contribution < 1.29 is 14.5 Å². The van der Waals surface area contributed by atoms with Crippen molar-refractivity contribution in [2.24, 2.45) is 0 Å². The molecule has 2 heterocycles. The molecule has 2 aromatic heterocycles. The highest BCUT2D eigenvalue weighted by molar-refractivity contribution is 5.95. The summed E-state index contributed by atoms with van der Waals surface area (Å²) in [6.45, 7) is 1.90. The number of para-hydroxylation sites is 1. The third-order valence-electron chi connectivity index (χ3n) is 4.38. The Labute approximate surface area is 176 Å². The summed E-state index contributed by atoms with van der Waals surface area (Å²) in [5.41, 5.74) is 6.26. The van der Waals surface area contributed by atoms with Crippen LogP contribution in [0.25, 0.3) is 10.9 Å². The second-order valence-corrected chi connectivity index (χ2v) is 6.51. The van der Waals surface area contributed by atoms with Gasteiger partial charge in [0.05, 0.1) is 4.92 Å². The van der Waals surface area contributed by atoms with Gasteiger partial charge in [0.1, 0.15) is 11.8 Å². The number of ether oxygens (including phenoxy) is 1. The molecule has 1 amide bonds. The fraction of sp³-hybridized carbons (Fsp3) is 0.0476. The number of hydrogen-bond acceptors (Lipinski definition) is 8. The molecule has 0 spiro atoms. The van der Waals surface area contributed by atoms with E-state index in [1.807, 2.05) is 19.1 Å². The summed E-state index contributed by atoms with van der Waals surface area (Å²) < 4.78 is 5.72. The van der Waals surface area contributed by atoms with Crippen LogP contribution in [-0.4, -0.2) is 25.8 Å². The number of hydrogen-bond donors (Lipinski definition) is 2. The molecule has 0 aliphatic rings. The maximum Gasteiger partial charge on any atom is 0.374 e. The molecule has 0 atom stereocenters. The average Bonchev–Trinajstić information content (AvgIpc) is 2.78. The lowest BCUT2D eigenvalue weighted by Crippen LogP contribution is -2.30. The quantitative estimate of drug-likeness (QED) is 0.358. The molecule has 10 nitrogen and oxygen atoms in total. The number of nitrogens with zero attached hydrogens (tertiary/aromatic N) is 4. The SMILES string of the molecule is Cc1ccc(C(=O)NNc2ncnc(Oc3cccc4cccnc34)c2[N+](=O)[O-])cc1. The summed E-state index contributed by atoms with van der Waals surface area (Å²) in [6.07, 6.45) is 2.69. The van der Waals surface area contributed by atoms with Crippen molar-refractivity contribution in [3.8, 4) is 11.6 Å². The number of nitro groups is 1. The fourth-order valence-corrected chi connectivity index (χ4v) is 2.85. The standard InChI is InChI=1S/C21H16N6O4/c1-13-7-9-15(10-8-13)20(28)26-25-19-18(27(29)30)21(24-12-23-19)31-16-6-2-4-14-5-3-11-22-17(14)16/h2-12H,1H3,(H,26,28)(H,23,24,25). The number of aryl methyl sites for hydroxylation is 1. The number of fused-ring (bicyclic) bond motifs is 1. The van der Waals surface area contributed by atoms with E-state index in [1.54, 1.807) is 48.7 Å². The highest BCUT2D eigenvalue weighted by atomic mass is 16.6. The average molecular weight is 416 g/mol. The molecule has 2 aromatic carbocycles. The number of carbonyl (C=O) groups is 1. The van der Waals surface area contributed by atoms with Crippen LogP contribution in [0.3, 0.4) is 0 Å². The summed E-state index contributed by atoms with van der Waals surface area (Å²) in [7, 11) is 0. The van der Waals surface area contributed by atoms with E-state index in [0.717, 1.165) is 17.3 Å². The molecule has 31 heavy (non-hydrogen) atoms. The maximum absolute atomic E-state index is 12.3. The van der Waals surface area contributed by atoms with Crippen LogP contribution in [0.4, 0.5) is 11.5 Å². The zero-order valence-corrected chi connectivity index (χ0v) is 16.3. The van der Waals surface area contributed by atoms with Crippen LogP contribution in [0.5, 0.6) is 11.6 Å². The molecule has 154 valence electrons. The van der Waals surface area contributed by atoms with Crippen LogP contribution in [-0.2, 0) is 0 Å². The molecule has 0 saturated carbocycles. The van der Waals surface area contributed by atoms with Gasteiger partial charge in [-0.25, -0.2) is 4.98 Å². The summed E-state index contributed by atoms with van der Waals surface area (Å²) in [4.78, 5) is 35.4. The molecule has 2 N–H and O–H groups in total. The van der Waals surface area contributed by atoms with Gasteiger partial charge in [0, 0.05) is 17.1 Å². The molecule has 0 saturated heterocycles. The molecule has 4 rings (SSSR count). The molecule has 0 aliphatic heterocycles. The fourth-order valence-electron chi connectivity index (χ4n) is 2.85. The van der Waals surface area contributed by atoms with Crippen molar-refractivity contribution >= 4 is 28.3 Å². The highest BCUT2D eigenvalue weighted by Crippen LogP contribution is 2.35. The van der Waals surface area contributed by atoms with Crippen LogP contribution in [0.1, 0.15) is 15.9 Å². The molecule has 0 aliphatic carbocycles. The number of carbonyl (C=O) groups excluding carboxylic acids is 1. The van der Waals surface area contributed by atoms with Crippen molar-refractivity contribution in [3.63, 3.8) is 0 Å². The summed E-state index contributed by atoms with van der Waals surface area (Å²) in [5, 5.41) is 12.5. The third kappa shape index (κ3) is 4.22. The van der Waals surface area contributed by atoms with Crippen LogP contribution >= 0.6 is 0 Å². The minimum atomic E-state index is -0.686. The van der Waals surface area contributed by atoms with Crippen molar-refractivity contribution in [2.45, 2.75) is 6.92 Å². The van der Waals surface area contributed by atoms with E-state index in [4.69, 9.17) is 4.74 Å². The second-order valence-electron chi connectivity index (χ2n) is 6.51. The zero-order valence-electron chi connectivity index (χ0n) is 16.3. The molecule has 4 aromatic rings. The minimum Gasteiger partial charge on any atom is -0.431 e. The summed E-state index contributed by atoms with van der Waals surface area (Å²) >= 11 is 0. The van der Waals surface area contributed by atoms with E-state index >= 15 is 0 Å². The smallest absolute Gasteiger partial charge is 0.374 e. The van der Waals surface area contributed by atoms with Crippen molar-refractivity contribution in [3.05, 3.63) is 88.4 Å². The Kier molecular flexibility index (Phi) is 5.35. The van der Waals surface area contributed by atoms with Gasteiger partial charge in [-0.15, -0.1) is 0 Å². The van der Waals surface area contributed by atoms with E-state index < -0.39 is 16.5 Å². The van der Waals surface area contributed by atoms with Gasteiger partial charge in [-0.3, -0.25) is 30.7 Å². The van der Waals surface area contributed by atoms with E-state index in [0.29, 0.717) is 16.8 Å². The number of hydrazine groups is 1. The van der Waals surface area contributed by atoms with Gasteiger partial charge in [-0.05, 0) is 31.2 Å². The largest absolute Gasteiger partial charge is 0.431 e. The predicted molar refractivity (Wildman–Crippen MR) is 113 cm³/mol. The molecule has 0 unspecified atom stereocenters. The lowest BCUT2D eigenvalue weighted by Gasteiger charge is -2.11. The van der Waals surface area contributed by atoms with Gasteiger partial charge in [0.25, 0.3) is 5.91 Å². The number of amides is 1. The van der Waals surface area contributed by atoms with Crippen molar-refractivity contribution in [1.29, 1.82) is 0 Å². The van der Waals surface area contributed by atoms with E-state index in [1.165, 1.54) is 0 Å². The number of benzene rings is 2. The Morgan fingerprint density at radius 1 is 1.03 bits per heavy atom. The number of anilines is 1. The van der Waals surface area contributed by atoms with E-state index in [2.05, 4.69) is 25.8 Å². The van der Waals surface area contributed by atoms with Gasteiger partial charge < -0.3 is 4.74 Å². The number of pyridine rings is 1.